The van der Waals surface area contributed by atoms with E-state index in [4.69, 9.17) is 15.5 Å². The van der Waals surface area contributed by atoms with Crippen LogP contribution in [0.25, 0.3) is 33.4 Å². The number of hydrogen-bond acceptors (Lipinski definition) is 5. The lowest BCUT2D eigenvalue weighted by molar-refractivity contribution is 0.0495. The van der Waals surface area contributed by atoms with Crippen molar-refractivity contribution in [3.05, 3.63) is 80.9 Å². The second kappa shape index (κ2) is 8.29. The molecule has 180 valence electrons. The summed E-state index contributed by atoms with van der Waals surface area (Å²) in [6.45, 7) is 5.69. The van der Waals surface area contributed by atoms with Gasteiger partial charge in [0.15, 0.2) is 0 Å². The van der Waals surface area contributed by atoms with Gasteiger partial charge >= 0.3 is 0 Å². The van der Waals surface area contributed by atoms with Crippen LogP contribution in [-0.4, -0.2) is 21.8 Å². The molecule has 0 spiro atoms. The Hall–Kier alpha value is -3.55. The molecule has 7 heteroatoms. The Kier molecular flexibility index (Phi) is 5.49. The number of ether oxygens (including phenoxy) is 1. The monoisotopic (exact) mass is 473 g/mol. The van der Waals surface area contributed by atoms with E-state index in [1.165, 1.54) is 13.2 Å². The van der Waals surface area contributed by atoms with Crippen molar-refractivity contribution in [3.63, 3.8) is 0 Å². The van der Waals surface area contributed by atoms with E-state index in [-0.39, 0.29) is 18.0 Å². The number of aromatic nitrogens is 2. The van der Waals surface area contributed by atoms with Gasteiger partial charge in [-0.25, -0.2) is 9.37 Å². The first-order valence-corrected chi connectivity index (χ1v) is 11.6. The van der Waals surface area contributed by atoms with Gasteiger partial charge in [0.1, 0.15) is 5.82 Å². The molecule has 0 aliphatic carbocycles. The predicted molar refractivity (Wildman–Crippen MR) is 136 cm³/mol. The zero-order valence-electron chi connectivity index (χ0n) is 20.3. The number of benzene rings is 2. The molecule has 3 heterocycles. The van der Waals surface area contributed by atoms with Gasteiger partial charge in [0.2, 0.25) is 0 Å². The van der Waals surface area contributed by atoms with E-state index < -0.39 is 5.60 Å². The van der Waals surface area contributed by atoms with Crippen molar-refractivity contribution in [2.24, 2.45) is 0 Å². The van der Waals surface area contributed by atoms with E-state index in [1.807, 2.05) is 37.3 Å². The number of rotatable bonds is 5. The zero-order valence-corrected chi connectivity index (χ0v) is 20.3. The van der Waals surface area contributed by atoms with Crippen LogP contribution in [0.3, 0.4) is 0 Å². The summed E-state index contributed by atoms with van der Waals surface area (Å²) in [5.41, 5.74) is 11.0. The topological polar surface area (TPSA) is 90.4 Å². The lowest BCUT2D eigenvalue weighted by Gasteiger charge is -2.25. The fourth-order valence-electron chi connectivity index (χ4n) is 4.93. The van der Waals surface area contributed by atoms with Gasteiger partial charge in [0, 0.05) is 35.4 Å². The highest BCUT2D eigenvalue weighted by molar-refractivity contribution is 6.00. The van der Waals surface area contributed by atoms with E-state index in [9.17, 15) is 14.3 Å². The number of nitrogens with two attached hydrogens (primary N) is 1. The van der Waals surface area contributed by atoms with Crippen LogP contribution in [0.1, 0.15) is 42.5 Å². The summed E-state index contributed by atoms with van der Waals surface area (Å²) >= 11 is 0. The van der Waals surface area contributed by atoms with Crippen molar-refractivity contribution in [3.8, 4) is 22.5 Å². The van der Waals surface area contributed by atoms with E-state index in [2.05, 4.69) is 0 Å². The van der Waals surface area contributed by atoms with E-state index in [0.717, 1.165) is 22.1 Å². The molecular weight excluding hydrogens is 445 g/mol. The van der Waals surface area contributed by atoms with E-state index in [0.29, 0.717) is 52.2 Å². The van der Waals surface area contributed by atoms with Crippen molar-refractivity contribution in [2.75, 3.05) is 12.8 Å². The molecule has 1 atom stereocenters. The molecule has 6 nitrogen and oxygen atoms in total. The first-order chi connectivity index (χ1) is 16.7. The van der Waals surface area contributed by atoms with Gasteiger partial charge in [0.05, 0.1) is 35.7 Å². The fraction of sp³-hybridized carbons (Fsp3) is 0.286. The van der Waals surface area contributed by atoms with Gasteiger partial charge in [-0.3, -0.25) is 4.79 Å². The summed E-state index contributed by atoms with van der Waals surface area (Å²) in [6.07, 6.45) is 0.422. The number of halogens is 1. The first-order valence-electron chi connectivity index (χ1n) is 11.6. The molecular formula is C28H28FN3O3. The summed E-state index contributed by atoms with van der Waals surface area (Å²) < 4.78 is 21.6. The number of anilines is 1. The molecule has 0 saturated heterocycles. The molecule has 0 bridgehead atoms. The third-order valence-electron chi connectivity index (χ3n) is 7.08. The molecule has 2 aromatic heterocycles. The Morgan fingerprint density at radius 1 is 1.23 bits per heavy atom. The maximum absolute atomic E-state index is 14.6. The van der Waals surface area contributed by atoms with Gasteiger partial charge in [-0.2, -0.15) is 0 Å². The van der Waals surface area contributed by atoms with Gasteiger partial charge in [0.25, 0.3) is 5.56 Å². The predicted octanol–water partition coefficient (Wildman–Crippen LogP) is 4.89. The minimum atomic E-state index is -1.22. The molecule has 0 unspecified atom stereocenters. The number of hydrogen-bond donors (Lipinski definition) is 2. The van der Waals surface area contributed by atoms with Crippen molar-refractivity contribution < 1.29 is 14.2 Å². The maximum atomic E-state index is 14.6. The summed E-state index contributed by atoms with van der Waals surface area (Å²) in [5.74, 6) is -0.339. The number of pyridine rings is 2. The Bertz CT molecular complexity index is 1540. The zero-order chi connectivity index (χ0) is 25.1. The molecule has 0 fully saturated rings. The Labute approximate surface area is 202 Å². The van der Waals surface area contributed by atoms with Crippen LogP contribution in [-0.2, 0) is 23.5 Å². The number of nitrogens with zero attached hydrogens (tertiary/aromatic N) is 2. The van der Waals surface area contributed by atoms with Crippen LogP contribution in [0.4, 0.5) is 10.1 Å². The van der Waals surface area contributed by atoms with Crippen molar-refractivity contribution in [1.82, 2.24) is 9.55 Å². The number of methoxy groups -OCH3 is 1. The third-order valence-corrected chi connectivity index (χ3v) is 7.08. The van der Waals surface area contributed by atoms with E-state index in [1.54, 1.807) is 24.5 Å². The molecule has 2 aromatic carbocycles. The lowest BCUT2D eigenvalue weighted by Crippen LogP contribution is -2.31. The van der Waals surface area contributed by atoms with Crippen molar-refractivity contribution in [2.45, 2.75) is 45.9 Å². The largest absolute Gasteiger partial charge is 0.399 e. The fourth-order valence-corrected chi connectivity index (χ4v) is 4.93. The highest BCUT2D eigenvalue weighted by Gasteiger charge is 2.33. The van der Waals surface area contributed by atoms with Crippen LogP contribution in [0, 0.1) is 12.7 Å². The second-order valence-corrected chi connectivity index (χ2v) is 9.43. The first kappa shape index (κ1) is 23.2. The molecule has 1 aliphatic heterocycles. The quantitative estimate of drug-likeness (QED) is 0.355. The second-order valence-electron chi connectivity index (χ2n) is 9.43. The van der Waals surface area contributed by atoms with Crippen LogP contribution in [0.5, 0.6) is 0 Å². The normalized spacial score (nSPS) is 14.1. The Morgan fingerprint density at radius 2 is 1.94 bits per heavy atom. The molecule has 3 N–H and O–H groups in total. The standard InChI is InChI=1S/C28H28FN3O3/c1-5-28(3,34)21-11-24-26-19(13-32(24)27(33)20(21)14-35-4)25(16-6-8-17(30)9-7-16)18-10-15(2)22(29)12-23(18)31-26/h6-12,34H,5,13-14,30H2,1-4H3/t28-/m0/s1. The molecule has 4 aromatic rings. The molecule has 5 rings (SSSR count). The highest BCUT2D eigenvalue weighted by atomic mass is 19.1. The van der Waals surface area contributed by atoms with Crippen LogP contribution in [0.15, 0.2) is 47.3 Å². The molecule has 35 heavy (non-hydrogen) atoms. The van der Waals surface area contributed by atoms with Crippen LogP contribution >= 0.6 is 0 Å². The van der Waals surface area contributed by atoms with Crippen molar-refractivity contribution >= 4 is 16.6 Å². The molecule has 0 radical (unpaired) electrons. The lowest BCUT2D eigenvalue weighted by atomic mass is 9.89. The number of aryl methyl sites for hydroxylation is 1. The van der Waals surface area contributed by atoms with Gasteiger partial charge in [-0.05, 0) is 66.8 Å². The molecule has 1 aliphatic rings. The minimum absolute atomic E-state index is 0.0889. The Balaban J connectivity index is 1.88. The summed E-state index contributed by atoms with van der Waals surface area (Å²) in [4.78, 5) is 18.5. The maximum Gasteiger partial charge on any atom is 0.257 e. The number of nitrogen functional groups attached to an aromatic ring is 1. The SMILES string of the molecule is CC[C@](C)(O)c1cc2n(c(=O)c1COC)Cc1c-2nc2cc(F)c(C)cc2c1-c1ccc(N)cc1. The smallest absolute Gasteiger partial charge is 0.257 e. The summed E-state index contributed by atoms with van der Waals surface area (Å²) in [6, 6.07) is 12.6. The average Bonchev–Trinajstić information content (AvgIpc) is 3.19. The Morgan fingerprint density at radius 3 is 2.60 bits per heavy atom. The summed E-state index contributed by atoms with van der Waals surface area (Å²) in [5, 5.41) is 11.9. The van der Waals surface area contributed by atoms with E-state index >= 15 is 0 Å². The van der Waals surface area contributed by atoms with Crippen LogP contribution in [0.2, 0.25) is 0 Å². The van der Waals surface area contributed by atoms with Gasteiger partial charge < -0.3 is 20.1 Å². The van der Waals surface area contributed by atoms with Crippen molar-refractivity contribution in [1.29, 1.82) is 0 Å². The van der Waals surface area contributed by atoms with Gasteiger partial charge in [-0.15, -0.1) is 0 Å². The molecule has 0 amide bonds. The summed E-state index contributed by atoms with van der Waals surface area (Å²) in [7, 11) is 1.53. The number of aliphatic hydroxyl groups is 1. The average molecular weight is 474 g/mol. The van der Waals surface area contributed by atoms with Gasteiger partial charge in [-0.1, -0.05) is 19.1 Å². The van der Waals surface area contributed by atoms with Crippen LogP contribution < -0.4 is 11.3 Å². The third kappa shape index (κ3) is 3.63. The number of fused-ring (bicyclic) bond motifs is 4. The molecule has 0 saturated carbocycles. The minimum Gasteiger partial charge on any atom is -0.399 e. The highest BCUT2D eigenvalue weighted by Crippen LogP contribution is 2.42.